The predicted octanol–water partition coefficient (Wildman–Crippen LogP) is 2.79. The van der Waals surface area contributed by atoms with Crippen molar-refractivity contribution in [3.05, 3.63) is 0 Å². The Balaban J connectivity index is 2.56. The van der Waals surface area contributed by atoms with Crippen molar-refractivity contribution in [1.29, 1.82) is 0 Å². The van der Waals surface area contributed by atoms with Crippen molar-refractivity contribution in [2.75, 3.05) is 5.75 Å². The van der Waals surface area contributed by atoms with Gasteiger partial charge in [-0.2, -0.15) is 11.8 Å². The highest BCUT2D eigenvalue weighted by atomic mass is 32.2. The lowest BCUT2D eigenvalue weighted by Crippen LogP contribution is -2.44. The molecule has 1 aliphatic rings. The Hall–Kier alpha value is 0.310. The van der Waals surface area contributed by atoms with Gasteiger partial charge in [-0.3, -0.25) is 0 Å². The molecule has 1 nitrogen and oxygen atoms in total. The summed E-state index contributed by atoms with van der Waals surface area (Å²) >= 11 is 2.08. The van der Waals surface area contributed by atoms with Gasteiger partial charge in [-0.25, -0.2) is 0 Å². The normalized spacial score (nSPS) is 25.2. The van der Waals surface area contributed by atoms with E-state index in [0.717, 1.165) is 0 Å². The summed E-state index contributed by atoms with van der Waals surface area (Å²) in [5.74, 6) is 1.21. The highest BCUT2D eigenvalue weighted by Gasteiger charge is 2.35. The van der Waals surface area contributed by atoms with Gasteiger partial charge in [-0.1, -0.05) is 26.2 Å². The molecule has 2 heteroatoms. The van der Waals surface area contributed by atoms with Crippen LogP contribution in [0.15, 0.2) is 0 Å². The van der Waals surface area contributed by atoms with Crippen LogP contribution in [-0.2, 0) is 0 Å². The van der Waals surface area contributed by atoms with Gasteiger partial charge in [0.15, 0.2) is 0 Å². The van der Waals surface area contributed by atoms with E-state index in [4.69, 9.17) is 5.73 Å². The van der Waals surface area contributed by atoms with Crippen molar-refractivity contribution in [2.24, 2.45) is 5.73 Å². The third kappa shape index (κ3) is 2.17. The van der Waals surface area contributed by atoms with Crippen molar-refractivity contribution in [1.82, 2.24) is 0 Å². The van der Waals surface area contributed by atoms with Crippen molar-refractivity contribution in [2.45, 2.75) is 56.7 Å². The van der Waals surface area contributed by atoms with E-state index in [9.17, 15) is 0 Å². The summed E-state index contributed by atoms with van der Waals surface area (Å²) in [6.45, 7) is 4.41. The Morgan fingerprint density at radius 2 is 1.92 bits per heavy atom. The molecule has 0 bridgehead atoms. The molecular formula is C10H21NS. The SMILES string of the molecule is CCSC1(C(C)N)CCCCC1. The molecule has 1 saturated carbocycles. The first-order valence-electron chi connectivity index (χ1n) is 5.11. The second-order valence-electron chi connectivity index (χ2n) is 3.85. The molecular weight excluding hydrogens is 166 g/mol. The van der Waals surface area contributed by atoms with Crippen LogP contribution < -0.4 is 5.73 Å². The summed E-state index contributed by atoms with van der Waals surface area (Å²) in [5, 5.41) is 0. The topological polar surface area (TPSA) is 26.0 Å². The minimum Gasteiger partial charge on any atom is -0.327 e. The molecule has 0 aromatic rings. The average Bonchev–Trinajstić information content (AvgIpc) is 2.06. The molecule has 0 aromatic heterocycles. The zero-order valence-corrected chi connectivity index (χ0v) is 9.12. The van der Waals surface area contributed by atoms with Crippen LogP contribution in [0, 0.1) is 0 Å². The molecule has 1 fully saturated rings. The summed E-state index contributed by atoms with van der Waals surface area (Å²) in [4.78, 5) is 0. The van der Waals surface area contributed by atoms with E-state index < -0.39 is 0 Å². The molecule has 12 heavy (non-hydrogen) atoms. The fraction of sp³-hybridized carbons (Fsp3) is 1.00. The van der Waals surface area contributed by atoms with E-state index >= 15 is 0 Å². The zero-order valence-electron chi connectivity index (χ0n) is 8.31. The molecule has 72 valence electrons. The highest BCUT2D eigenvalue weighted by Crippen LogP contribution is 2.41. The van der Waals surface area contributed by atoms with E-state index in [1.54, 1.807) is 0 Å². The molecule has 0 saturated heterocycles. The van der Waals surface area contributed by atoms with E-state index in [1.807, 2.05) is 0 Å². The number of rotatable bonds is 3. The van der Waals surface area contributed by atoms with Crippen LogP contribution in [0.1, 0.15) is 46.0 Å². The fourth-order valence-corrected chi connectivity index (χ4v) is 3.58. The Morgan fingerprint density at radius 1 is 1.33 bits per heavy atom. The fourth-order valence-electron chi connectivity index (χ4n) is 2.17. The van der Waals surface area contributed by atoms with Crippen molar-refractivity contribution >= 4 is 11.8 Å². The maximum atomic E-state index is 6.07. The Kier molecular flexibility index (Phi) is 3.91. The molecule has 0 amide bonds. The molecule has 0 heterocycles. The van der Waals surface area contributed by atoms with Gasteiger partial charge >= 0.3 is 0 Å². The second kappa shape index (κ2) is 4.52. The maximum absolute atomic E-state index is 6.07. The molecule has 1 atom stereocenters. The lowest BCUT2D eigenvalue weighted by atomic mass is 9.84. The molecule has 0 spiro atoms. The van der Waals surface area contributed by atoms with Crippen LogP contribution in [-0.4, -0.2) is 16.5 Å². The molecule has 1 unspecified atom stereocenters. The highest BCUT2D eigenvalue weighted by molar-refractivity contribution is 8.00. The summed E-state index contributed by atoms with van der Waals surface area (Å²) in [6, 6.07) is 0.364. The Morgan fingerprint density at radius 3 is 2.33 bits per heavy atom. The van der Waals surface area contributed by atoms with E-state index in [-0.39, 0.29) is 0 Å². The van der Waals surface area contributed by atoms with Gasteiger partial charge in [0.2, 0.25) is 0 Å². The maximum Gasteiger partial charge on any atom is 0.0308 e. The van der Waals surface area contributed by atoms with Gasteiger partial charge in [0.25, 0.3) is 0 Å². The molecule has 0 aromatic carbocycles. The summed E-state index contributed by atoms with van der Waals surface area (Å²) < 4.78 is 0.424. The van der Waals surface area contributed by atoms with Crippen LogP contribution >= 0.6 is 11.8 Å². The smallest absolute Gasteiger partial charge is 0.0308 e. The molecule has 2 N–H and O–H groups in total. The van der Waals surface area contributed by atoms with Crippen LogP contribution in [0.5, 0.6) is 0 Å². The monoisotopic (exact) mass is 187 g/mol. The van der Waals surface area contributed by atoms with Crippen molar-refractivity contribution in [3.63, 3.8) is 0 Å². The number of hydrogen-bond acceptors (Lipinski definition) is 2. The first-order valence-corrected chi connectivity index (χ1v) is 6.09. The minimum atomic E-state index is 0.364. The molecule has 0 radical (unpaired) electrons. The third-order valence-corrected chi connectivity index (χ3v) is 4.61. The van der Waals surface area contributed by atoms with E-state index in [1.165, 1.54) is 37.9 Å². The first-order chi connectivity index (χ1) is 5.71. The summed E-state index contributed by atoms with van der Waals surface area (Å²) in [6.07, 6.45) is 6.86. The van der Waals surface area contributed by atoms with E-state index in [2.05, 4.69) is 25.6 Å². The molecule has 1 rings (SSSR count). The minimum absolute atomic E-state index is 0.364. The van der Waals surface area contributed by atoms with Crippen LogP contribution in [0.25, 0.3) is 0 Å². The summed E-state index contributed by atoms with van der Waals surface area (Å²) in [7, 11) is 0. The van der Waals surface area contributed by atoms with Gasteiger partial charge in [-0.05, 0) is 25.5 Å². The number of hydrogen-bond donors (Lipinski definition) is 1. The second-order valence-corrected chi connectivity index (χ2v) is 5.53. The van der Waals surface area contributed by atoms with Crippen molar-refractivity contribution < 1.29 is 0 Å². The number of nitrogens with two attached hydrogens (primary N) is 1. The van der Waals surface area contributed by atoms with Crippen LogP contribution in [0.4, 0.5) is 0 Å². The largest absolute Gasteiger partial charge is 0.327 e. The average molecular weight is 187 g/mol. The van der Waals surface area contributed by atoms with Crippen LogP contribution in [0.3, 0.4) is 0 Å². The van der Waals surface area contributed by atoms with Crippen LogP contribution in [0.2, 0.25) is 0 Å². The van der Waals surface area contributed by atoms with Gasteiger partial charge in [0, 0.05) is 10.8 Å². The molecule has 0 aliphatic heterocycles. The van der Waals surface area contributed by atoms with Gasteiger partial charge in [0.05, 0.1) is 0 Å². The van der Waals surface area contributed by atoms with Gasteiger partial charge in [0.1, 0.15) is 0 Å². The third-order valence-electron chi connectivity index (χ3n) is 2.96. The lowest BCUT2D eigenvalue weighted by molar-refractivity contribution is 0.356. The van der Waals surface area contributed by atoms with Gasteiger partial charge in [-0.15, -0.1) is 0 Å². The summed E-state index contributed by atoms with van der Waals surface area (Å²) in [5.41, 5.74) is 6.07. The zero-order chi connectivity index (χ0) is 9.03. The lowest BCUT2D eigenvalue weighted by Gasteiger charge is -2.39. The Bertz CT molecular complexity index is 122. The predicted molar refractivity (Wildman–Crippen MR) is 57.6 cm³/mol. The van der Waals surface area contributed by atoms with Gasteiger partial charge < -0.3 is 5.73 Å². The molecule has 1 aliphatic carbocycles. The first kappa shape index (κ1) is 10.4. The Labute approximate surface area is 80.5 Å². The van der Waals surface area contributed by atoms with Crippen molar-refractivity contribution in [3.8, 4) is 0 Å². The number of thioether (sulfide) groups is 1. The van der Waals surface area contributed by atoms with E-state index in [0.29, 0.717) is 10.8 Å². The quantitative estimate of drug-likeness (QED) is 0.735. The standard InChI is InChI=1S/C10H21NS/c1-3-12-10(9(2)11)7-5-4-6-8-10/h9H,3-8,11H2,1-2H3.